The zero-order valence-corrected chi connectivity index (χ0v) is 11.4. The summed E-state index contributed by atoms with van der Waals surface area (Å²) in [6, 6.07) is 0. The van der Waals surface area contributed by atoms with E-state index in [1.807, 2.05) is 25.1 Å². The van der Waals surface area contributed by atoms with E-state index in [1.165, 1.54) is 0 Å². The number of rotatable bonds is 4. The van der Waals surface area contributed by atoms with E-state index in [0.717, 1.165) is 37.6 Å². The summed E-state index contributed by atoms with van der Waals surface area (Å²) in [7, 11) is 4.00. The van der Waals surface area contributed by atoms with Gasteiger partial charge in [-0.2, -0.15) is 0 Å². The Bertz CT molecular complexity index is 415. The standard InChI is InChI=1S/C13H22N4O/c1-10-6-14-12(15-10)9-16(2)7-11-4-5-13(18)17(3)8-11/h6,11H,4-5,7-9H2,1-3H3,(H,14,15). The Morgan fingerprint density at radius 2 is 2.39 bits per heavy atom. The number of aromatic nitrogens is 2. The molecule has 5 heteroatoms. The van der Waals surface area contributed by atoms with Gasteiger partial charge in [0.2, 0.25) is 5.91 Å². The lowest BCUT2D eigenvalue weighted by molar-refractivity contribution is -0.133. The SMILES string of the molecule is Cc1cnc(CN(C)CC2CCC(=O)N(C)C2)[nH]1. The van der Waals surface area contributed by atoms with Crippen LogP contribution in [-0.2, 0) is 11.3 Å². The number of aryl methyl sites for hydroxylation is 1. The molecule has 1 aliphatic rings. The number of hydrogen-bond donors (Lipinski definition) is 1. The average molecular weight is 250 g/mol. The maximum Gasteiger partial charge on any atom is 0.222 e. The lowest BCUT2D eigenvalue weighted by atomic mass is 9.97. The van der Waals surface area contributed by atoms with E-state index in [0.29, 0.717) is 12.3 Å². The number of likely N-dealkylation sites (tertiary alicyclic amines) is 1. The molecule has 100 valence electrons. The molecule has 0 aliphatic carbocycles. The number of hydrogen-bond acceptors (Lipinski definition) is 3. The summed E-state index contributed by atoms with van der Waals surface area (Å²) >= 11 is 0. The number of nitrogens with one attached hydrogen (secondary N) is 1. The van der Waals surface area contributed by atoms with E-state index < -0.39 is 0 Å². The number of carbonyl (C=O) groups is 1. The van der Waals surface area contributed by atoms with E-state index in [9.17, 15) is 4.79 Å². The Balaban J connectivity index is 1.80. The molecule has 1 aliphatic heterocycles. The summed E-state index contributed by atoms with van der Waals surface area (Å²) in [6.45, 7) is 4.73. The van der Waals surface area contributed by atoms with Gasteiger partial charge in [0.15, 0.2) is 0 Å². The quantitative estimate of drug-likeness (QED) is 0.868. The largest absolute Gasteiger partial charge is 0.345 e. The molecular weight excluding hydrogens is 228 g/mol. The minimum atomic E-state index is 0.274. The number of amides is 1. The van der Waals surface area contributed by atoms with Crippen LogP contribution in [0.5, 0.6) is 0 Å². The van der Waals surface area contributed by atoms with Crippen LogP contribution >= 0.6 is 0 Å². The monoisotopic (exact) mass is 250 g/mol. The highest BCUT2D eigenvalue weighted by Gasteiger charge is 2.23. The van der Waals surface area contributed by atoms with Crippen LogP contribution in [0.2, 0.25) is 0 Å². The second-order valence-corrected chi connectivity index (χ2v) is 5.39. The summed E-state index contributed by atoms with van der Waals surface area (Å²) in [5.41, 5.74) is 1.10. The zero-order chi connectivity index (χ0) is 13.1. The number of carbonyl (C=O) groups excluding carboxylic acids is 1. The molecule has 0 saturated carbocycles. The number of piperidine rings is 1. The fourth-order valence-electron chi connectivity index (χ4n) is 2.56. The van der Waals surface area contributed by atoms with Crippen molar-refractivity contribution in [2.24, 2.45) is 5.92 Å². The molecule has 2 rings (SSSR count). The van der Waals surface area contributed by atoms with Gasteiger partial charge in [0.1, 0.15) is 5.82 Å². The van der Waals surface area contributed by atoms with Crippen LogP contribution in [0.3, 0.4) is 0 Å². The van der Waals surface area contributed by atoms with Gasteiger partial charge < -0.3 is 9.88 Å². The molecule has 0 spiro atoms. The zero-order valence-electron chi connectivity index (χ0n) is 11.4. The van der Waals surface area contributed by atoms with E-state index in [-0.39, 0.29) is 5.91 Å². The normalized spacial score (nSPS) is 20.8. The first kappa shape index (κ1) is 13.1. The Morgan fingerprint density at radius 3 is 3.00 bits per heavy atom. The van der Waals surface area contributed by atoms with Gasteiger partial charge in [0.25, 0.3) is 0 Å². The van der Waals surface area contributed by atoms with Gasteiger partial charge in [-0.05, 0) is 26.3 Å². The van der Waals surface area contributed by atoms with Crippen molar-refractivity contribution in [3.05, 3.63) is 17.7 Å². The van der Waals surface area contributed by atoms with Crippen LogP contribution in [-0.4, -0.2) is 52.9 Å². The van der Waals surface area contributed by atoms with Gasteiger partial charge in [-0.1, -0.05) is 0 Å². The topological polar surface area (TPSA) is 52.2 Å². The van der Waals surface area contributed by atoms with Crippen molar-refractivity contribution in [1.29, 1.82) is 0 Å². The van der Waals surface area contributed by atoms with Crippen molar-refractivity contribution >= 4 is 5.91 Å². The molecule has 1 atom stereocenters. The van der Waals surface area contributed by atoms with Gasteiger partial charge in [0, 0.05) is 38.4 Å². The number of aromatic amines is 1. The highest BCUT2D eigenvalue weighted by atomic mass is 16.2. The van der Waals surface area contributed by atoms with Crippen LogP contribution in [0.1, 0.15) is 24.4 Å². The molecule has 1 aromatic heterocycles. The molecule has 18 heavy (non-hydrogen) atoms. The molecule has 2 heterocycles. The molecule has 1 fully saturated rings. The van der Waals surface area contributed by atoms with Crippen molar-refractivity contribution < 1.29 is 4.79 Å². The van der Waals surface area contributed by atoms with E-state index in [4.69, 9.17) is 0 Å². The first-order chi connectivity index (χ1) is 8.54. The van der Waals surface area contributed by atoms with Crippen molar-refractivity contribution in [2.45, 2.75) is 26.3 Å². The van der Waals surface area contributed by atoms with E-state index in [1.54, 1.807) is 0 Å². The molecule has 0 aromatic carbocycles. The van der Waals surface area contributed by atoms with Gasteiger partial charge in [-0.3, -0.25) is 9.69 Å². The molecule has 1 unspecified atom stereocenters. The first-order valence-electron chi connectivity index (χ1n) is 6.47. The fraction of sp³-hybridized carbons (Fsp3) is 0.692. The Hall–Kier alpha value is -1.36. The summed E-state index contributed by atoms with van der Waals surface area (Å²) in [6.07, 6.45) is 3.55. The Kier molecular flexibility index (Phi) is 4.01. The van der Waals surface area contributed by atoms with Crippen molar-refractivity contribution in [3.63, 3.8) is 0 Å². The fourth-order valence-corrected chi connectivity index (χ4v) is 2.56. The highest BCUT2D eigenvalue weighted by Crippen LogP contribution is 2.17. The van der Waals surface area contributed by atoms with Crippen molar-refractivity contribution in [3.8, 4) is 0 Å². The van der Waals surface area contributed by atoms with Crippen molar-refractivity contribution in [2.75, 3.05) is 27.2 Å². The lowest BCUT2D eigenvalue weighted by Gasteiger charge is -2.32. The molecule has 5 nitrogen and oxygen atoms in total. The molecule has 0 bridgehead atoms. The molecule has 1 aromatic rings. The van der Waals surface area contributed by atoms with Gasteiger partial charge >= 0.3 is 0 Å². The number of H-pyrrole nitrogens is 1. The summed E-state index contributed by atoms with van der Waals surface area (Å²) in [4.78, 5) is 23.1. The smallest absolute Gasteiger partial charge is 0.222 e. The van der Waals surface area contributed by atoms with Gasteiger partial charge in [-0.25, -0.2) is 4.98 Å². The maximum absolute atomic E-state index is 11.4. The van der Waals surface area contributed by atoms with E-state index >= 15 is 0 Å². The van der Waals surface area contributed by atoms with Crippen LogP contribution in [0, 0.1) is 12.8 Å². The third-order valence-corrected chi connectivity index (χ3v) is 3.47. The van der Waals surface area contributed by atoms with Crippen LogP contribution in [0.15, 0.2) is 6.20 Å². The Morgan fingerprint density at radius 1 is 1.61 bits per heavy atom. The molecular formula is C13H22N4O. The third-order valence-electron chi connectivity index (χ3n) is 3.47. The van der Waals surface area contributed by atoms with Crippen LogP contribution in [0.25, 0.3) is 0 Å². The summed E-state index contributed by atoms with van der Waals surface area (Å²) in [5.74, 6) is 1.86. The molecule has 0 radical (unpaired) electrons. The Labute approximate surface area is 108 Å². The summed E-state index contributed by atoms with van der Waals surface area (Å²) < 4.78 is 0. The molecule has 1 amide bonds. The van der Waals surface area contributed by atoms with Gasteiger partial charge in [-0.15, -0.1) is 0 Å². The maximum atomic E-state index is 11.4. The second-order valence-electron chi connectivity index (χ2n) is 5.39. The third kappa shape index (κ3) is 3.32. The lowest BCUT2D eigenvalue weighted by Crippen LogP contribution is -2.41. The summed E-state index contributed by atoms with van der Waals surface area (Å²) in [5, 5.41) is 0. The van der Waals surface area contributed by atoms with E-state index in [2.05, 4.69) is 21.9 Å². The van der Waals surface area contributed by atoms with Crippen LogP contribution in [0.4, 0.5) is 0 Å². The number of imidazole rings is 1. The molecule has 1 saturated heterocycles. The first-order valence-corrected chi connectivity index (χ1v) is 6.47. The predicted octanol–water partition coefficient (Wildman–Crippen LogP) is 1.02. The van der Waals surface area contributed by atoms with Gasteiger partial charge in [0.05, 0.1) is 6.54 Å². The highest BCUT2D eigenvalue weighted by molar-refractivity contribution is 5.76. The number of nitrogens with zero attached hydrogens (tertiary/aromatic N) is 3. The van der Waals surface area contributed by atoms with Crippen LogP contribution < -0.4 is 0 Å². The average Bonchev–Trinajstić information content (AvgIpc) is 2.69. The van der Waals surface area contributed by atoms with Crippen molar-refractivity contribution in [1.82, 2.24) is 19.8 Å². The second kappa shape index (κ2) is 5.52. The predicted molar refractivity (Wildman–Crippen MR) is 70.0 cm³/mol. The minimum Gasteiger partial charge on any atom is -0.345 e. The molecule has 1 N–H and O–H groups in total. The minimum absolute atomic E-state index is 0.274.